The Balaban J connectivity index is 1.96. The average molecular weight is 381 g/mol. The molecule has 28 heavy (non-hydrogen) atoms. The molecule has 0 fully saturated rings. The number of carbonyl (C=O) groups is 1. The number of amides is 1. The zero-order chi connectivity index (χ0) is 20.5. The van der Waals surface area contributed by atoms with Gasteiger partial charge < -0.3 is 19.2 Å². The second-order valence-corrected chi connectivity index (χ2v) is 8.24. The second kappa shape index (κ2) is 7.19. The van der Waals surface area contributed by atoms with E-state index in [0.29, 0.717) is 0 Å². The van der Waals surface area contributed by atoms with Crippen molar-refractivity contribution in [3.8, 4) is 16.9 Å². The molecule has 0 radical (unpaired) electrons. The van der Waals surface area contributed by atoms with E-state index >= 15 is 0 Å². The van der Waals surface area contributed by atoms with E-state index in [1.165, 1.54) is 0 Å². The van der Waals surface area contributed by atoms with Crippen LogP contribution >= 0.6 is 0 Å². The summed E-state index contributed by atoms with van der Waals surface area (Å²) in [6, 6.07) is 11.9. The number of hydrogen-bond acceptors (Lipinski definition) is 4. The molecule has 6 heteroatoms. The molecule has 0 unspecified atom stereocenters. The van der Waals surface area contributed by atoms with Crippen molar-refractivity contribution in [1.29, 1.82) is 0 Å². The predicted octanol–water partition coefficient (Wildman–Crippen LogP) is 4.77. The Morgan fingerprint density at radius 2 is 1.75 bits per heavy atom. The average Bonchev–Trinajstić information content (AvgIpc) is 3.04. The topological polar surface area (TPSA) is 64.9 Å². The van der Waals surface area contributed by atoms with Gasteiger partial charge in [0.25, 0.3) is 0 Å². The van der Waals surface area contributed by atoms with Gasteiger partial charge in [0, 0.05) is 11.8 Å². The Hall–Kier alpha value is -3.02. The van der Waals surface area contributed by atoms with Gasteiger partial charge in [-0.3, -0.25) is 0 Å². The number of rotatable bonds is 4. The fourth-order valence-electron chi connectivity index (χ4n) is 3.11. The number of benzene rings is 1. The summed E-state index contributed by atoms with van der Waals surface area (Å²) in [4.78, 5) is 16.9. The summed E-state index contributed by atoms with van der Waals surface area (Å²) in [5.41, 5.74) is 1.80. The maximum absolute atomic E-state index is 12.3. The van der Waals surface area contributed by atoms with Crippen molar-refractivity contribution in [2.24, 2.45) is 0 Å². The molecule has 148 valence electrons. The minimum Gasteiger partial charge on any atom is -0.497 e. The number of pyridine rings is 1. The highest BCUT2D eigenvalue weighted by Crippen LogP contribution is 2.29. The van der Waals surface area contributed by atoms with E-state index in [9.17, 15) is 4.79 Å². The first-order chi connectivity index (χ1) is 13.1. The molecule has 0 spiro atoms. The maximum Gasteiger partial charge on any atom is 0.408 e. The van der Waals surface area contributed by atoms with Gasteiger partial charge in [0.1, 0.15) is 17.2 Å². The first kappa shape index (κ1) is 19.7. The van der Waals surface area contributed by atoms with Crippen LogP contribution in [0.3, 0.4) is 0 Å². The Bertz CT molecular complexity index is 982. The van der Waals surface area contributed by atoms with E-state index in [1.54, 1.807) is 7.11 Å². The van der Waals surface area contributed by atoms with Crippen LogP contribution in [0, 0.1) is 0 Å². The lowest BCUT2D eigenvalue weighted by Gasteiger charge is -2.27. The largest absolute Gasteiger partial charge is 0.497 e. The third kappa shape index (κ3) is 4.11. The first-order valence-corrected chi connectivity index (χ1v) is 9.23. The van der Waals surface area contributed by atoms with Crippen LogP contribution in [0.5, 0.6) is 5.75 Å². The molecule has 6 nitrogen and oxygen atoms in total. The minimum absolute atomic E-state index is 0.472. The molecule has 1 amide bonds. The summed E-state index contributed by atoms with van der Waals surface area (Å²) < 4.78 is 12.6. The molecule has 0 aliphatic carbocycles. The van der Waals surface area contributed by atoms with Gasteiger partial charge in [0.05, 0.1) is 24.4 Å². The van der Waals surface area contributed by atoms with Crippen LogP contribution in [0.4, 0.5) is 4.79 Å². The van der Waals surface area contributed by atoms with Gasteiger partial charge in [-0.1, -0.05) is 18.2 Å². The molecule has 0 atom stereocenters. The van der Waals surface area contributed by atoms with Crippen LogP contribution in [-0.2, 0) is 10.3 Å². The van der Waals surface area contributed by atoms with Crippen molar-refractivity contribution in [2.75, 3.05) is 7.11 Å². The number of methoxy groups -OCH3 is 1. The summed E-state index contributed by atoms with van der Waals surface area (Å²) in [6.07, 6.45) is 3.30. The lowest BCUT2D eigenvalue weighted by atomic mass is 10.0. The highest BCUT2D eigenvalue weighted by Gasteiger charge is 2.30. The van der Waals surface area contributed by atoms with E-state index in [1.807, 2.05) is 81.7 Å². The molecule has 3 aromatic rings. The zero-order valence-corrected chi connectivity index (χ0v) is 17.2. The summed E-state index contributed by atoms with van der Waals surface area (Å²) in [6.45, 7) is 9.33. The summed E-state index contributed by atoms with van der Waals surface area (Å²) in [5.74, 6) is 1.54. The third-order valence-electron chi connectivity index (χ3n) is 4.34. The van der Waals surface area contributed by atoms with Crippen LogP contribution in [0.1, 0.15) is 40.4 Å². The van der Waals surface area contributed by atoms with Gasteiger partial charge in [-0.2, -0.15) is 0 Å². The van der Waals surface area contributed by atoms with Crippen LogP contribution in [0.15, 0.2) is 48.8 Å². The lowest BCUT2D eigenvalue weighted by molar-refractivity contribution is 0.0466. The SMILES string of the molecule is COc1ccc(-c2cccn3c(C(C)(C)NC(=O)OC(C)(C)C)ncc23)cc1. The third-order valence-corrected chi connectivity index (χ3v) is 4.34. The van der Waals surface area contributed by atoms with E-state index in [4.69, 9.17) is 9.47 Å². The Kier molecular flexibility index (Phi) is 5.06. The van der Waals surface area contributed by atoms with Gasteiger partial charge in [-0.15, -0.1) is 0 Å². The van der Waals surface area contributed by atoms with Gasteiger partial charge in [-0.05, 0) is 58.4 Å². The fraction of sp³-hybridized carbons (Fsp3) is 0.364. The number of alkyl carbamates (subject to hydrolysis) is 1. The number of ether oxygens (including phenoxy) is 2. The van der Waals surface area contributed by atoms with Crippen molar-refractivity contribution in [1.82, 2.24) is 14.7 Å². The normalized spacial score (nSPS) is 12.1. The smallest absolute Gasteiger partial charge is 0.408 e. The molecule has 0 aliphatic rings. The van der Waals surface area contributed by atoms with Crippen molar-refractivity contribution in [2.45, 2.75) is 45.8 Å². The number of aromatic nitrogens is 2. The summed E-state index contributed by atoms with van der Waals surface area (Å²) in [7, 11) is 1.65. The Morgan fingerprint density at radius 1 is 1.07 bits per heavy atom. The number of carbonyl (C=O) groups excluding carboxylic acids is 1. The van der Waals surface area contributed by atoms with Gasteiger partial charge in [-0.25, -0.2) is 9.78 Å². The Morgan fingerprint density at radius 3 is 2.36 bits per heavy atom. The molecule has 0 aliphatic heterocycles. The quantitative estimate of drug-likeness (QED) is 0.707. The van der Waals surface area contributed by atoms with E-state index in [-0.39, 0.29) is 0 Å². The van der Waals surface area contributed by atoms with Crippen molar-refractivity contribution < 1.29 is 14.3 Å². The Labute approximate surface area is 165 Å². The highest BCUT2D eigenvalue weighted by atomic mass is 16.6. The van der Waals surface area contributed by atoms with Crippen LogP contribution in [-0.4, -0.2) is 28.2 Å². The summed E-state index contributed by atoms with van der Waals surface area (Å²) >= 11 is 0. The molecule has 2 heterocycles. The molecule has 0 saturated heterocycles. The molecular formula is C22H27N3O3. The van der Waals surface area contributed by atoms with E-state index in [0.717, 1.165) is 28.2 Å². The molecule has 2 aromatic heterocycles. The maximum atomic E-state index is 12.3. The number of fused-ring (bicyclic) bond motifs is 1. The number of nitrogens with one attached hydrogen (secondary N) is 1. The molecule has 0 saturated carbocycles. The van der Waals surface area contributed by atoms with Crippen molar-refractivity contribution in [3.05, 3.63) is 54.6 Å². The summed E-state index contributed by atoms with van der Waals surface area (Å²) in [5, 5.41) is 2.92. The molecule has 1 aromatic carbocycles. The van der Waals surface area contributed by atoms with Crippen LogP contribution in [0.25, 0.3) is 16.6 Å². The first-order valence-electron chi connectivity index (χ1n) is 9.23. The lowest BCUT2D eigenvalue weighted by Crippen LogP contribution is -2.44. The van der Waals surface area contributed by atoms with Gasteiger partial charge >= 0.3 is 6.09 Å². The van der Waals surface area contributed by atoms with Crippen molar-refractivity contribution in [3.63, 3.8) is 0 Å². The predicted molar refractivity (Wildman–Crippen MR) is 110 cm³/mol. The second-order valence-electron chi connectivity index (χ2n) is 8.24. The van der Waals surface area contributed by atoms with Gasteiger partial charge in [0.15, 0.2) is 0 Å². The number of imidazole rings is 1. The number of hydrogen-bond donors (Lipinski definition) is 1. The van der Waals surface area contributed by atoms with Crippen LogP contribution in [0.2, 0.25) is 0 Å². The minimum atomic E-state index is -0.715. The molecule has 1 N–H and O–H groups in total. The van der Waals surface area contributed by atoms with Gasteiger partial charge in [0.2, 0.25) is 0 Å². The zero-order valence-electron chi connectivity index (χ0n) is 17.2. The fourth-order valence-corrected chi connectivity index (χ4v) is 3.11. The highest BCUT2D eigenvalue weighted by molar-refractivity contribution is 5.80. The van der Waals surface area contributed by atoms with E-state index in [2.05, 4.69) is 16.4 Å². The molecule has 0 bridgehead atoms. The monoisotopic (exact) mass is 381 g/mol. The molecular weight excluding hydrogens is 354 g/mol. The standard InChI is InChI=1S/C22H27N3O3/c1-21(2,3)28-20(26)24-22(4,5)19-23-14-18-17(8-7-13-25(18)19)15-9-11-16(27-6)12-10-15/h7-14H,1-6H3,(H,24,26). The number of nitrogens with zero attached hydrogens (tertiary/aromatic N) is 2. The van der Waals surface area contributed by atoms with E-state index < -0.39 is 17.2 Å². The van der Waals surface area contributed by atoms with Crippen molar-refractivity contribution >= 4 is 11.6 Å². The molecule has 3 rings (SSSR count). The van der Waals surface area contributed by atoms with Crippen LogP contribution < -0.4 is 10.1 Å².